The maximum Gasteiger partial charge on any atom is 0.407 e. The van der Waals surface area contributed by atoms with E-state index in [1.807, 2.05) is 30.5 Å². The number of carbonyl (C=O) groups is 2. The van der Waals surface area contributed by atoms with Crippen molar-refractivity contribution in [2.24, 2.45) is 7.05 Å². The van der Waals surface area contributed by atoms with Gasteiger partial charge >= 0.3 is 12.1 Å². The summed E-state index contributed by atoms with van der Waals surface area (Å²) >= 11 is 0. The highest BCUT2D eigenvalue weighted by molar-refractivity contribution is 6.14. The van der Waals surface area contributed by atoms with Crippen LogP contribution in [0.25, 0.3) is 33.4 Å². The Labute approximate surface area is 225 Å². The van der Waals surface area contributed by atoms with E-state index in [4.69, 9.17) is 14.5 Å². The maximum atomic E-state index is 13.5. The Kier molecular flexibility index (Phi) is 6.43. The van der Waals surface area contributed by atoms with Gasteiger partial charge in [-0.25, -0.2) is 14.6 Å². The van der Waals surface area contributed by atoms with E-state index in [-0.39, 0.29) is 18.1 Å². The van der Waals surface area contributed by atoms with Crippen molar-refractivity contribution in [2.75, 3.05) is 19.1 Å². The number of hydrogen-bond acceptors (Lipinski definition) is 6. The zero-order valence-corrected chi connectivity index (χ0v) is 22.2. The van der Waals surface area contributed by atoms with Gasteiger partial charge < -0.3 is 25.1 Å². The van der Waals surface area contributed by atoms with E-state index in [0.29, 0.717) is 25.2 Å². The van der Waals surface area contributed by atoms with Crippen LogP contribution in [0, 0.1) is 0 Å². The molecule has 2 atom stereocenters. The largest absolute Gasteiger partial charge is 0.453 e. The third-order valence-corrected chi connectivity index (χ3v) is 7.59. The van der Waals surface area contributed by atoms with E-state index in [0.717, 1.165) is 57.4 Å². The number of aromatic amines is 1. The first-order valence-electron chi connectivity index (χ1n) is 13.0. The van der Waals surface area contributed by atoms with Crippen molar-refractivity contribution in [1.82, 2.24) is 30.4 Å². The Morgan fingerprint density at radius 2 is 1.97 bits per heavy atom. The third kappa shape index (κ3) is 4.48. The number of anilines is 1. The molecule has 1 aliphatic carbocycles. The summed E-state index contributed by atoms with van der Waals surface area (Å²) in [5.41, 5.74) is 7.35. The van der Waals surface area contributed by atoms with Crippen LogP contribution in [0.5, 0.6) is 0 Å². The van der Waals surface area contributed by atoms with Crippen molar-refractivity contribution in [3.63, 3.8) is 0 Å². The van der Waals surface area contributed by atoms with Crippen LogP contribution in [-0.2, 0) is 29.7 Å². The number of ether oxygens (including phenoxy) is 2. The smallest absolute Gasteiger partial charge is 0.407 e. The molecule has 0 bridgehead atoms. The van der Waals surface area contributed by atoms with Crippen molar-refractivity contribution in [1.29, 1.82) is 0 Å². The van der Waals surface area contributed by atoms with Gasteiger partial charge in [-0.2, -0.15) is 5.10 Å². The minimum Gasteiger partial charge on any atom is -0.453 e. The molecule has 4 heterocycles. The molecule has 1 fully saturated rings. The molecule has 1 saturated carbocycles. The van der Waals surface area contributed by atoms with Gasteiger partial charge in [0.2, 0.25) is 0 Å². The fourth-order valence-electron chi connectivity index (χ4n) is 5.83. The van der Waals surface area contributed by atoms with E-state index < -0.39 is 6.09 Å². The number of hydrogen-bond donors (Lipinski definition) is 3. The molecule has 6 rings (SSSR count). The summed E-state index contributed by atoms with van der Waals surface area (Å²) < 4.78 is 11.9. The van der Waals surface area contributed by atoms with Crippen molar-refractivity contribution in [3.8, 4) is 22.4 Å². The molecule has 11 nitrogen and oxygen atoms in total. The summed E-state index contributed by atoms with van der Waals surface area (Å²) in [4.78, 5) is 35.5. The number of amides is 3. The van der Waals surface area contributed by atoms with Crippen LogP contribution in [0.1, 0.15) is 30.4 Å². The normalized spacial score (nSPS) is 18.7. The molecular weight excluding hydrogens is 498 g/mol. The summed E-state index contributed by atoms with van der Waals surface area (Å²) in [6.07, 6.45) is 7.31. The van der Waals surface area contributed by atoms with Crippen LogP contribution in [-0.4, -0.2) is 58.2 Å². The summed E-state index contributed by atoms with van der Waals surface area (Å²) in [5, 5.41) is 11.2. The molecule has 39 heavy (non-hydrogen) atoms. The van der Waals surface area contributed by atoms with Crippen molar-refractivity contribution in [3.05, 3.63) is 54.0 Å². The lowest BCUT2D eigenvalue weighted by molar-refractivity contribution is 0.166. The van der Waals surface area contributed by atoms with Crippen LogP contribution in [0.3, 0.4) is 0 Å². The summed E-state index contributed by atoms with van der Waals surface area (Å²) in [5.74, 6) is 0. The second-order valence-corrected chi connectivity index (χ2v) is 10.1. The predicted octanol–water partition coefficient (Wildman–Crippen LogP) is 4.08. The van der Waals surface area contributed by atoms with Gasteiger partial charge in [-0.15, -0.1) is 0 Å². The van der Waals surface area contributed by atoms with Gasteiger partial charge in [0.25, 0.3) is 0 Å². The van der Waals surface area contributed by atoms with Crippen LogP contribution in [0.15, 0.2) is 42.9 Å². The van der Waals surface area contributed by atoms with Gasteiger partial charge in [0.05, 0.1) is 36.7 Å². The second-order valence-electron chi connectivity index (χ2n) is 10.1. The van der Waals surface area contributed by atoms with Crippen molar-refractivity contribution in [2.45, 2.75) is 44.5 Å². The number of H-pyrrole nitrogens is 1. The van der Waals surface area contributed by atoms with Gasteiger partial charge in [-0.1, -0.05) is 24.3 Å². The topological polar surface area (TPSA) is 126 Å². The molecule has 0 saturated heterocycles. The fourth-order valence-corrected chi connectivity index (χ4v) is 5.83. The monoisotopic (exact) mass is 529 g/mol. The summed E-state index contributed by atoms with van der Waals surface area (Å²) in [6, 6.07) is 7.96. The Balaban J connectivity index is 1.52. The average Bonchev–Trinajstić information content (AvgIpc) is 3.67. The lowest BCUT2D eigenvalue weighted by atomic mass is 9.96. The van der Waals surface area contributed by atoms with E-state index in [2.05, 4.69) is 45.0 Å². The average molecular weight is 530 g/mol. The number of nitrogens with one attached hydrogen (secondary N) is 3. The van der Waals surface area contributed by atoms with E-state index in [1.54, 1.807) is 11.8 Å². The number of benzene rings is 1. The predicted molar refractivity (Wildman–Crippen MR) is 146 cm³/mol. The number of rotatable bonds is 6. The highest BCUT2D eigenvalue weighted by atomic mass is 16.5. The Morgan fingerprint density at radius 1 is 1.15 bits per heavy atom. The molecule has 4 aromatic rings. The lowest BCUT2D eigenvalue weighted by Crippen LogP contribution is -2.49. The van der Waals surface area contributed by atoms with Crippen molar-refractivity contribution >= 4 is 28.8 Å². The van der Waals surface area contributed by atoms with Crippen molar-refractivity contribution < 1.29 is 19.1 Å². The number of alkyl carbamates (subject to hydrolysis) is 1. The molecular formula is C28H31N7O4. The SMILES string of the molecule is COCc1ccc(-c2c(-c3cnn(C)c3)[nH]c3ncc4c(c23)N([C@@H]2CC[C@@H](NC(=O)OC)C2)C(=O)NC4)cc1. The number of urea groups is 1. The molecule has 202 valence electrons. The number of nitrogens with zero attached hydrogens (tertiary/aromatic N) is 4. The molecule has 3 N–H and O–H groups in total. The number of methoxy groups -OCH3 is 2. The first-order valence-corrected chi connectivity index (χ1v) is 13.0. The molecule has 3 amide bonds. The molecule has 3 aromatic heterocycles. The zero-order chi connectivity index (χ0) is 27.1. The molecule has 0 unspecified atom stereocenters. The highest BCUT2D eigenvalue weighted by Gasteiger charge is 2.38. The Bertz CT molecular complexity index is 1540. The Hall–Kier alpha value is -4.38. The Morgan fingerprint density at radius 3 is 2.69 bits per heavy atom. The number of fused-ring (bicyclic) bond motifs is 3. The zero-order valence-electron chi connectivity index (χ0n) is 22.2. The number of aryl methyl sites for hydroxylation is 1. The van der Waals surface area contributed by atoms with Crippen LogP contribution < -0.4 is 15.5 Å². The van der Waals surface area contributed by atoms with Gasteiger partial charge in [0, 0.05) is 61.9 Å². The molecule has 1 aliphatic heterocycles. The number of carbonyl (C=O) groups excluding carboxylic acids is 2. The second kappa shape index (κ2) is 10.1. The van der Waals surface area contributed by atoms with Crippen LogP contribution in [0.2, 0.25) is 0 Å². The van der Waals surface area contributed by atoms with E-state index in [9.17, 15) is 9.59 Å². The molecule has 1 aromatic carbocycles. The van der Waals surface area contributed by atoms with Crippen LogP contribution in [0.4, 0.5) is 15.3 Å². The van der Waals surface area contributed by atoms with Gasteiger partial charge in [0.1, 0.15) is 5.65 Å². The molecule has 0 radical (unpaired) electrons. The number of aromatic nitrogens is 4. The van der Waals surface area contributed by atoms with Crippen LogP contribution >= 0.6 is 0 Å². The summed E-state index contributed by atoms with van der Waals surface area (Å²) in [7, 11) is 4.92. The summed E-state index contributed by atoms with van der Waals surface area (Å²) in [6.45, 7) is 0.917. The third-order valence-electron chi connectivity index (χ3n) is 7.59. The molecule has 0 spiro atoms. The standard InChI is InChI=1S/C28H31N7O4/c1-34-14-19(13-31-34)24-22(17-6-4-16(5-7-17)15-38-2)23-25-18(11-29-26(23)33-24)12-30-27(36)35(25)21-9-8-20(10-21)32-28(37)39-3/h4-7,11,13-14,20-21H,8-10,12,15H2,1-3H3,(H,29,33)(H,30,36)(H,32,37)/t20-,21-/m1/s1. The van der Waals surface area contributed by atoms with Gasteiger partial charge in [-0.3, -0.25) is 9.58 Å². The minimum atomic E-state index is -0.457. The van der Waals surface area contributed by atoms with E-state index in [1.165, 1.54) is 7.11 Å². The quantitative estimate of drug-likeness (QED) is 0.346. The number of pyridine rings is 1. The lowest BCUT2D eigenvalue weighted by Gasteiger charge is -2.35. The fraction of sp³-hybridized carbons (Fsp3) is 0.357. The maximum absolute atomic E-state index is 13.5. The highest BCUT2D eigenvalue weighted by Crippen LogP contribution is 2.45. The molecule has 2 aliphatic rings. The molecule has 11 heteroatoms. The first kappa shape index (κ1) is 24.9. The minimum absolute atomic E-state index is 0.0667. The van der Waals surface area contributed by atoms with Gasteiger partial charge in [0.15, 0.2) is 0 Å². The van der Waals surface area contributed by atoms with Gasteiger partial charge in [-0.05, 0) is 30.4 Å². The van der Waals surface area contributed by atoms with E-state index >= 15 is 0 Å². The first-order chi connectivity index (χ1) is 19.0.